The number of rotatable bonds is 9. The van der Waals surface area contributed by atoms with Gasteiger partial charge in [0.1, 0.15) is 12.4 Å². The van der Waals surface area contributed by atoms with Crippen LogP contribution in [0, 0.1) is 0 Å². The molecule has 2 aliphatic heterocycles. The average Bonchev–Trinajstić information content (AvgIpc) is 3.30. The average molecular weight is 523 g/mol. The predicted octanol–water partition coefficient (Wildman–Crippen LogP) is 4.35. The van der Waals surface area contributed by atoms with Crippen LogP contribution in [0.3, 0.4) is 0 Å². The lowest BCUT2D eigenvalue weighted by Crippen LogP contribution is -2.51. The molecular formula is C25H33BrClN3O2. The van der Waals surface area contributed by atoms with E-state index in [1.54, 1.807) is 0 Å². The SMILES string of the molecule is OC1(CNCC2CCCN2)CCN(Cc2cc(Br)ccc2OCc2ccc(Cl)cc2)CC1. The molecule has 0 saturated carbocycles. The minimum absolute atomic E-state index is 0.507. The number of benzene rings is 2. The molecule has 7 heteroatoms. The van der Waals surface area contributed by atoms with E-state index in [-0.39, 0.29) is 0 Å². The van der Waals surface area contributed by atoms with Gasteiger partial charge in [0.25, 0.3) is 0 Å². The molecule has 32 heavy (non-hydrogen) atoms. The molecule has 174 valence electrons. The second-order valence-corrected chi connectivity index (χ2v) is 10.4. The zero-order valence-electron chi connectivity index (χ0n) is 18.5. The molecule has 3 N–H and O–H groups in total. The van der Waals surface area contributed by atoms with Gasteiger partial charge in [0.15, 0.2) is 0 Å². The van der Waals surface area contributed by atoms with E-state index in [1.807, 2.05) is 36.4 Å². The summed E-state index contributed by atoms with van der Waals surface area (Å²) in [7, 11) is 0. The zero-order chi connectivity index (χ0) is 22.4. The highest BCUT2D eigenvalue weighted by Crippen LogP contribution is 2.28. The summed E-state index contributed by atoms with van der Waals surface area (Å²) >= 11 is 9.58. The molecule has 0 spiro atoms. The fourth-order valence-electron chi connectivity index (χ4n) is 4.51. The van der Waals surface area contributed by atoms with Crippen molar-refractivity contribution in [2.24, 2.45) is 0 Å². The normalized spacial score (nSPS) is 21.0. The summed E-state index contributed by atoms with van der Waals surface area (Å²) in [4.78, 5) is 2.41. The number of nitrogens with one attached hydrogen (secondary N) is 2. The van der Waals surface area contributed by atoms with Crippen LogP contribution in [0.2, 0.25) is 5.02 Å². The number of likely N-dealkylation sites (tertiary alicyclic amines) is 1. The van der Waals surface area contributed by atoms with Crippen LogP contribution >= 0.6 is 27.5 Å². The predicted molar refractivity (Wildman–Crippen MR) is 133 cm³/mol. The van der Waals surface area contributed by atoms with Gasteiger partial charge in [-0.15, -0.1) is 0 Å². The molecule has 0 bridgehead atoms. The lowest BCUT2D eigenvalue weighted by atomic mass is 9.91. The lowest BCUT2D eigenvalue weighted by Gasteiger charge is -2.38. The van der Waals surface area contributed by atoms with Gasteiger partial charge in [0.2, 0.25) is 0 Å². The van der Waals surface area contributed by atoms with E-state index < -0.39 is 5.60 Å². The highest BCUT2D eigenvalue weighted by Gasteiger charge is 2.32. The van der Waals surface area contributed by atoms with E-state index in [9.17, 15) is 5.11 Å². The first-order valence-electron chi connectivity index (χ1n) is 11.5. The van der Waals surface area contributed by atoms with Crippen molar-refractivity contribution in [2.45, 2.75) is 50.5 Å². The lowest BCUT2D eigenvalue weighted by molar-refractivity contribution is -0.0219. The molecule has 2 fully saturated rings. The molecule has 1 unspecified atom stereocenters. The molecule has 2 aliphatic rings. The number of hydrogen-bond donors (Lipinski definition) is 3. The fraction of sp³-hybridized carbons (Fsp3) is 0.520. The van der Waals surface area contributed by atoms with Crippen LogP contribution in [0.15, 0.2) is 46.9 Å². The molecule has 0 amide bonds. The van der Waals surface area contributed by atoms with Crippen molar-refractivity contribution >= 4 is 27.5 Å². The molecule has 4 rings (SSSR count). The summed E-state index contributed by atoms with van der Waals surface area (Å²) in [5.41, 5.74) is 1.64. The number of aliphatic hydroxyl groups is 1. The molecule has 2 saturated heterocycles. The van der Waals surface area contributed by atoms with Crippen molar-refractivity contribution < 1.29 is 9.84 Å². The van der Waals surface area contributed by atoms with Crippen LogP contribution in [0.4, 0.5) is 0 Å². The third-order valence-electron chi connectivity index (χ3n) is 6.52. The monoisotopic (exact) mass is 521 g/mol. The highest BCUT2D eigenvalue weighted by molar-refractivity contribution is 9.10. The summed E-state index contributed by atoms with van der Waals surface area (Å²) in [6.45, 7) is 5.81. The van der Waals surface area contributed by atoms with Crippen LogP contribution in [0.1, 0.15) is 36.8 Å². The van der Waals surface area contributed by atoms with Crippen molar-refractivity contribution in [3.05, 3.63) is 63.1 Å². The Hall–Kier alpha value is -1.15. The van der Waals surface area contributed by atoms with Crippen LogP contribution in [0.5, 0.6) is 5.75 Å². The van der Waals surface area contributed by atoms with Crippen LogP contribution in [-0.2, 0) is 13.2 Å². The first-order valence-corrected chi connectivity index (χ1v) is 12.7. The van der Waals surface area contributed by atoms with Crippen molar-refractivity contribution in [1.29, 1.82) is 0 Å². The van der Waals surface area contributed by atoms with E-state index in [4.69, 9.17) is 16.3 Å². The molecule has 2 aromatic rings. The van der Waals surface area contributed by atoms with Gasteiger partial charge in [0.05, 0.1) is 5.60 Å². The zero-order valence-corrected chi connectivity index (χ0v) is 20.8. The molecular weight excluding hydrogens is 490 g/mol. The highest BCUT2D eigenvalue weighted by atomic mass is 79.9. The second-order valence-electron chi connectivity index (χ2n) is 9.09. The van der Waals surface area contributed by atoms with Crippen LogP contribution in [-0.4, -0.2) is 54.4 Å². The van der Waals surface area contributed by atoms with Gasteiger partial charge in [-0.05, 0) is 68.1 Å². The number of halogens is 2. The van der Waals surface area contributed by atoms with Gasteiger partial charge < -0.3 is 20.5 Å². The Balaban J connectivity index is 1.28. The number of nitrogens with zero attached hydrogens (tertiary/aromatic N) is 1. The third-order valence-corrected chi connectivity index (χ3v) is 7.26. The minimum atomic E-state index is -0.611. The van der Waals surface area contributed by atoms with Crippen molar-refractivity contribution in [3.63, 3.8) is 0 Å². The molecule has 5 nitrogen and oxygen atoms in total. The van der Waals surface area contributed by atoms with Crippen LogP contribution < -0.4 is 15.4 Å². The Morgan fingerprint density at radius 2 is 1.97 bits per heavy atom. The fourth-order valence-corrected chi connectivity index (χ4v) is 5.04. The van der Waals surface area contributed by atoms with Crippen molar-refractivity contribution in [1.82, 2.24) is 15.5 Å². The van der Waals surface area contributed by atoms with E-state index in [0.29, 0.717) is 19.2 Å². The Bertz CT molecular complexity index is 866. The summed E-state index contributed by atoms with van der Waals surface area (Å²) < 4.78 is 7.19. The smallest absolute Gasteiger partial charge is 0.124 e. The maximum Gasteiger partial charge on any atom is 0.124 e. The molecule has 0 radical (unpaired) electrons. The quantitative estimate of drug-likeness (QED) is 0.457. The first kappa shape index (κ1) is 24.0. The van der Waals surface area contributed by atoms with Gasteiger partial charge in [-0.3, -0.25) is 4.90 Å². The van der Waals surface area contributed by atoms with Gasteiger partial charge >= 0.3 is 0 Å². The van der Waals surface area contributed by atoms with Crippen molar-refractivity contribution in [2.75, 3.05) is 32.7 Å². The number of piperidine rings is 1. The summed E-state index contributed by atoms with van der Waals surface area (Å²) in [6, 6.07) is 14.5. The van der Waals surface area contributed by atoms with Gasteiger partial charge in [0, 0.05) is 53.8 Å². The van der Waals surface area contributed by atoms with Crippen LogP contribution in [0.25, 0.3) is 0 Å². The maximum absolute atomic E-state index is 11.0. The summed E-state index contributed by atoms with van der Waals surface area (Å²) in [5.74, 6) is 0.898. The van der Waals surface area contributed by atoms with E-state index >= 15 is 0 Å². The molecule has 0 aromatic heterocycles. The van der Waals surface area contributed by atoms with Gasteiger partial charge in [-0.2, -0.15) is 0 Å². The van der Waals surface area contributed by atoms with Gasteiger partial charge in [-0.25, -0.2) is 0 Å². The van der Waals surface area contributed by atoms with E-state index in [2.05, 4.69) is 37.5 Å². The summed E-state index contributed by atoms with van der Waals surface area (Å²) in [6.07, 6.45) is 4.06. The van der Waals surface area contributed by atoms with E-state index in [0.717, 1.165) is 71.9 Å². The minimum Gasteiger partial charge on any atom is -0.489 e. The molecule has 1 atom stereocenters. The Morgan fingerprint density at radius 1 is 1.19 bits per heavy atom. The van der Waals surface area contributed by atoms with Crippen molar-refractivity contribution in [3.8, 4) is 5.75 Å². The Morgan fingerprint density at radius 3 is 2.69 bits per heavy atom. The maximum atomic E-state index is 11.0. The second kappa shape index (κ2) is 11.3. The molecule has 0 aliphatic carbocycles. The topological polar surface area (TPSA) is 56.8 Å². The molecule has 2 heterocycles. The third kappa shape index (κ3) is 6.92. The molecule has 2 aromatic carbocycles. The first-order chi connectivity index (χ1) is 15.5. The Labute approximate surface area is 204 Å². The Kier molecular flexibility index (Phi) is 8.49. The standard InChI is InChI=1S/C25H33BrClN3O2/c26-21-5-8-24(32-17-19-3-6-22(27)7-4-19)20(14-21)16-30-12-9-25(31,10-13-30)18-28-15-23-2-1-11-29-23/h3-8,14,23,28-29,31H,1-2,9-13,15-18H2. The number of ether oxygens (including phenoxy) is 1. The van der Waals surface area contributed by atoms with Gasteiger partial charge in [-0.1, -0.05) is 39.7 Å². The summed E-state index contributed by atoms with van der Waals surface area (Å²) in [5, 5.41) is 18.7. The number of hydrogen-bond acceptors (Lipinski definition) is 5. The van der Waals surface area contributed by atoms with E-state index in [1.165, 1.54) is 12.8 Å². The largest absolute Gasteiger partial charge is 0.489 e.